The number of hydrogen-bond donors (Lipinski definition) is 0. The lowest BCUT2D eigenvalue weighted by Gasteiger charge is -2.19. The lowest BCUT2D eigenvalue weighted by Crippen LogP contribution is -2.23. The molecule has 112 valence electrons. The molecule has 0 radical (unpaired) electrons. The number of alkyl halides is 2. The molecule has 21 heavy (non-hydrogen) atoms. The molecule has 0 amide bonds. The first-order chi connectivity index (χ1) is 9.83. The third-order valence-corrected chi connectivity index (χ3v) is 3.96. The van der Waals surface area contributed by atoms with Crippen LogP contribution >= 0.6 is 0 Å². The van der Waals surface area contributed by atoms with E-state index in [1.165, 1.54) is 25.1 Å². The molecule has 0 saturated carbocycles. The summed E-state index contributed by atoms with van der Waals surface area (Å²) >= 11 is 0. The molecule has 6 heteroatoms. The maximum absolute atomic E-state index is 14.0. The molecule has 0 aromatic heterocycles. The van der Waals surface area contributed by atoms with E-state index in [2.05, 4.69) is 4.74 Å². The zero-order valence-corrected chi connectivity index (χ0v) is 13.6. The van der Waals surface area contributed by atoms with Crippen LogP contribution in [0.25, 0.3) is 0 Å². The number of rotatable bonds is 4. The number of hydrogen-bond acceptors (Lipinski definition) is 1. The van der Waals surface area contributed by atoms with Gasteiger partial charge in [-0.25, -0.2) is 8.78 Å². The van der Waals surface area contributed by atoms with E-state index in [9.17, 15) is 17.6 Å². The predicted octanol–water partition coefficient (Wildman–Crippen LogP) is 3.27. The van der Waals surface area contributed by atoms with Crippen molar-refractivity contribution in [2.45, 2.75) is 19.1 Å². The molecule has 0 aliphatic carbocycles. The van der Waals surface area contributed by atoms with E-state index in [4.69, 9.17) is 0 Å². The van der Waals surface area contributed by atoms with Gasteiger partial charge in [0.05, 0.1) is 5.56 Å². The quantitative estimate of drug-likeness (QED) is 0.622. The van der Waals surface area contributed by atoms with Gasteiger partial charge in [0.15, 0.2) is 0 Å². The maximum atomic E-state index is 14.0. The highest BCUT2D eigenvalue weighted by molar-refractivity contribution is 6.08. The van der Waals surface area contributed by atoms with Crippen molar-refractivity contribution in [3.05, 3.63) is 64.7 Å². The molecule has 0 heterocycles. The molecule has 0 fully saturated rings. The van der Waals surface area contributed by atoms with E-state index in [1.807, 2.05) is 0 Å². The minimum atomic E-state index is -3.87. The smallest absolute Gasteiger partial charge is 0.429 e. The summed E-state index contributed by atoms with van der Waals surface area (Å²) in [4.78, 5) is 0. The van der Waals surface area contributed by atoms with Crippen molar-refractivity contribution in [3.63, 3.8) is 0 Å². The Kier molecular flexibility index (Phi) is 4.36. The van der Waals surface area contributed by atoms with Crippen LogP contribution in [0.15, 0.2) is 36.4 Å². The van der Waals surface area contributed by atoms with Crippen molar-refractivity contribution < 1.29 is 22.3 Å². The second-order valence-corrected chi connectivity index (χ2v) is 5.40. The topological polar surface area (TPSA) is 9.23 Å². The summed E-state index contributed by atoms with van der Waals surface area (Å²) < 4.78 is 59.6. The van der Waals surface area contributed by atoms with Gasteiger partial charge in [0.25, 0.3) is 0 Å². The molecule has 0 N–H and O–H groups in total. The molecule has 0 bridgehead atoms. The van der Waals surface area contributed by atoms with Crippen LogP contribution in [0, 0.1) is 18.6 Å². The van der Waals surface area contributed by atoms with Crippen LogP contribution in [0.4, 0.5) is 17.6 Å². The largest absolute Gasteiger partial charge is 0.429 e. The van der Waals surface area contributed by atoms with E-state index < -0.39 is 23.3 Å². The van der Waals surface area contributed by atoms with Gasteiger partial charge >= 0.3 is 6.11 Å². The molecule has 0 saturated heterocycles. The SMILES string of the molecule is Cc1ccc(OC(F)(F)c2ccc(C[SiH3])cc2F)cc1F. The minimum absolute atomic E-state index is 0.313. The molecule has 2 rings (SSSR count). The highest BCUT2D eigenvalue weighted by Crippen LogP contribution is 2.34. The highest BCUT2D eigenvalue weighted by Gasteiger charge is 2.37. The Morgan fingerprint density at radius 2 is 1.76 bits per heavy atom. The van der Waals surface area contributed by atoms with Crippen LogP contribution in [0.2, 0.25) is 0 Å². The lowest BCUT2D eigenvalue weighted by atomic mass is 10.1. The minimum Gasteiger partial charge on any atom is -0.429 e. The Morgan fingerprint density at radius 3 is 2.33 bits per heavy atom. The molecule has 2 aromatic rings. The Bertz CT molecular complexity index is 658. The van der Waals surface area contributed by atoms with E-state index in [-0.39, 0.29) is 5.75 Å². The molecule has 1 nitrogen and oxygen atoms in total. The van der Waals surface area contributed by atoms with Crippen molar-refractivity contribution in [1.82, 2.24) is 0 Å². The van der Waals surface area contributed by atoms with Gasteiger partial charge in [0.1, 0.15) is 17.4 Å². The molecule has 0 aliphatic rings. The summed E-state index contributed by atoms with van der Waals surface area (Å²) in [7, 11) is 0.813. The normalized spacial score (nSPS) is 11.7. The molecule has 0 spiro atoms. The fourth-order valence-corrected chi connectivity index (χ4v) is 2.29. The van der Waals surface area contributed by atoms with Gasteiger partial charge < -0.3 is 4.74 Å². The van der Waals surface area contributed by atoms with Crippen molar-refractivity contribution in [2.24, 2.45) is 0 Å². The van der Waals surface area contributed by atoms with Crippen LogP contribution in [-0.4, -0.2) is 10.2 Å². The fraction of sp³-hybridized carbons (Fsp3) is 0.200. The van der Waals surface area contributed by atoms with Crippen LogP contribution in [0.5, 0.6) is 5.75 Å². The van der Waals surface area contributed by atoms with E-state index in [0.29, 0.717) is 17.2 Å². The average Bonchev–Trinajstić information content (AvgIpc) is 2.42. The van der Waals surface area contributed by atoms with Crippen molar-refractivity contribution >= 4 is 10.2 Å². The van der Waals surface area contributed by atoms with Crippen molar-refractivity contribution in [2.75, 3.05) is 0 Å². The lowest BCUT2D eigenvalue weighted by molar-refractivity contribution is -0.187. The van der Waals surface area contributed by atoms with Gasteiger partial charge in [-0.05, 0) is 42.3 Å². The van der Waals surface area contributed by atoms with Gasteiger partial charge in [-0.2, -0.15) is 8.78 Å². The van der Waals surface area contributed by atoms with E-state index >= 15 is 0 Å². The standard InChI is InChI=1S/C15H14F4OSi/c1-9-2-4-11(7-13(9)16)20-15(18,19)12-5-3-10(8-21)6-14(12)17/h2-7H,8H2,1,21H3. The summed E-state index contributed by atoms with van der Waals surface area (Å²) in [5, 5.41) is 0. The fourth-order valence-electron chi connectivity index (χ4n) is 1.85. The zero-order chi connectivity index (χ0) is 15.6. The molecule has 0 atom stereocenters. The third kappa shape index (κ3) is 3.44. The Morgan fingerprint density at radius 1 is 1.05 bits per heavy atom. The first-order valence-corrected chi connectivity index (χ1v) is 7.87. The van der Waals surface area contributed by atoms with Gasteiger partial charge in [-0.3, -0.25) is 0 Å². The summed E-state index contributed by atoms with van der Waals surface area (Å²) in [6, 6.07) is 7.60. The third-order valence-electron chi connectivity index (χ3n) is 3.14. The van der Waals surface area contributed by atoms with Crippen LogP contribution < -0.4 is 4.74 Å². The summed E-state index contributed by atoms with van der Waals surface area (Å²) in [6.45, 7) is 1.50. The summed E-state index contributed by atoms with van der Waals surface area (Å²) in [6.07, 6.45) is -3.87. The van der Waals surface area contributed by atoms with Crippen LogP contribution in [0.3, 0.4) is 0 Å². The van der Waals surface area contributed by atoms with E-state index in [0.717, 1.165) is 28.4 Å². The van der Waals surface area contributed by atoms with Gasteiger partial charge in [-0.15, -0.1) is 0 Å². The van der Waals surface area contributed by atoms with Gasteiger partial charge in [-0.1, -0.05) is 12.1 Å². The van der Waals surface area contributed by atoms with Crippen LogP contribution in [0.1, 0.15) is 16.7 Å². The second-order valence-electron chi connectivity index (χ2n) is 4.70. The first-order valence-electron chi connectivity index (χ1n) is 6.45. The molecular formula is C15H14F4OSi. The first kappa shape index (κ1) is 15.6. The van der Waals surface area contributed by atoms with Crippen LogP contribution in [-0.2, 0) is 12.2 Å². The second kappa shape index (κ2) is 5.89. The number of aryl methyl sites for hydroxylation is 1. The van der Waals surface area contributed by atoms with Crippen molar-refractivity contribution in [1.29, 1.82) is 0 Å². The molecule has 2 aromatic carbocycles. The predicted molar refractivity (Wildman–Crippen MR) is 75.7 cm³/mol. The van der Waals surface area contributed by atoms with Gasteiger partial charge in [0.2, 0.25) is 0 Å². The number of halogens is 4. The summed E-state index contributed by atoms with van der Waals surface area (Å²) in [5.41, 5.74) is 0.121. The molecule has 0 aliphatic heterocycles. The van der Waals surface area contributed by atoms with Crippen molar-refractivity contribution in [3.8, 4) is 5.75 Å². The van der Waals surface area contributed by atoms with Gasteiger partial charge in [0, 0.05) is 16.3 Å². The molecular weight excluding hydrogens is 300 g/mol. The monoisotopic (exact) mass is 314 g/mol. The maximum Gasteiger partial charge on any atom is 0.429 e. The number of benzene rings is 2. The highest BCUT2D eigenvalue weighted by atomic mass is 28.1. The molecule has 0 unspecified atom stereocenters. The zero-order valence-electron chi connectivity index (χ0n) is 11.6. The Balaban J connectivity index is 2.30. The summed E-state index contributed by atoms with van der Waals surface area (Å²) in [5.74, 6) is -2.04. The Labute approximate surface area is 123 Å². The number of ether oxygens (including phenoxy) is 1. The van der Waals surface area contributed by atoms with E-state index in [1.54, 1.807) is 0 Å². The Hall–Kier alpha value is -1.82. The average molecular weight is 314 g/mol.